The van der Waals surface area contributed by atoms with Crippen LogP contribution >= 0.6 is 0 Å². The lowest BCUT2D eigenvalue weighted by Gasteiger charge is -2.34. The molecule has 0 atom stereocenters. The standard InChI is InChI=1S/C14H23FN4/c1-14(2,3)19-12-6-4-11(5-7-12)18-13-16-8-10(15)9-17-13/h8-9,11-12,19H,4-7H2,1-3H3,(H,16,17,18)/t11-,12-. The van der Waals surface area contributed by atoms with Crippen molar-refractivity contribution in [2.75, 3.05) is 5.32 Å². The minimum absolute atomic E-state index is 0.172. The maximum atomic E-state index is 12.7. The number of hydrogen-bond acceptors (Lipinski definition) is 4. The lowest BCUT2D eigenvalue weighted by Crippen LogP contribution is -2.46. The van der Waals surface area contributed by atoms with Gasteiger partial charge in [-0.3, -0.25) is 0 Å². The summed E-state index contributed by atoms with van der Waals surface area (Å²) in [5.41, 5.74) is 0.172. The fourth-order valence-electron chi connectivity index (χ4n) is 2.56. The van der Waals surface area contributed by atoms with Crippen LogP contribution in [0.2, 0.25) is 0 Å². The van der Waals surface area contributed by atoms with E-state index in [1.807, 2.05) is 0 Å². The van der Waals surface area contributed by atoms with Crippen molar-refractivity contribution < 1.29 is 4.39 Å². The van der Waals surface area contributed by atoms with Crippen LogP contribution < -0.4 is 10.6 Å². The Labute approximate surface area is 114 Å². The van der Waals surface area contributed by atoms with Gasteiger partial charge in [0.15, 0.2) is 5.82 Å². The summed E-state index contributed by atoms with van der Waals surface area (Å²) in [5.74, 6) is 0.122. The first kappa shape index (κ1) is 14.2. The molecule has 0 unspecified atom stereocenters. The molecular formula is C14H23FN4. The maximum absolute atomic E-state index is 12.7. The van der Waals surface area contributed by atoms with Crippen molar-refractivity contribution >= 4 is 5.95 Å². The molecule has 2 rings (SSSR count). The normalized spacial score (nSPS) is 24.2. The third-order valence-electron chi connectivity index (χ3n) is 3.32. The lowest BCUT2D eigenvalue weighted by molar-refractivity contribution is 0.286. The van der Waals surface area contributed by atoms with Gasteiger partial charge in [0.05, 0.1) is 12.4 Å². The third-order valence-corrected chi connectivity index (χ3v) is 3.32. The lowest BCUT2D eigenvalue weighted by atomic mass is 9.89. The topological polar surface area (TPSA) is 49.8 Å². The SMILES string of the molecule is CC(C)(C)N[C@H]1CC[C@H](Nc2ncc(F)cn2)CC1. The predicted molar refractivity (Wildman–Crippen MR) is 74.5 cm³/mol. The van der Waals surface area contributed by atoms with Crippen molar-refractivity contribution in [3.05, 3.63) is 18.2 Å². The van der Waals surface area contributed by atoms with E-state index in [1.165, 1.54) is 12.4 Å². The van der Waals surface area contributed by atoms with Crippen molar-refractivity contribution in [2.24, 2.45) is 0 Å². The molecule has 0 radical (unpaired) electrons. The second kappa shape index (κ2) is 5.82. The number of anilines is 1. The summed E-state index contributed by atoms with van der Waals surface area (Å²) in [6.45, 7) is 6.59. The molecule has 2 N–H and O–H groups in total. The number of rotatable bonds is 3. The fraction of sp³-hybridized carbons (Fsp3) is 0.714. The van der Waals surface area contributed by atoms with E-state index >= 15 is 0 Å². The van der Waals surface area contributed by atoms with Crippen molar-refractivity contribution in [3.63, 3.8) is 0 Å². The third kappa shape index (κ3) is 4.74. The van der Waals surface area contributed by atoms with Crippen LogP contribution in [0.4, 0.5) is 10.3 Å². The smallest absolute Gasteiger partial charge is 0.222 e. The Hall–Kier alpha value is -1.23. The summed E-state index contributed by atoms with van der Waals surface area (Å²) >= 11 is 0. The quantitative estimate of drug-likeness (QED) is 0.883. The second-order valence-electron chi connectivity index (χ2n) is 6.31. The van der Waals surface area contributed by atoms with Crippen LogP contribution in [0.25, 0.3) is 0 Å². The Balaban J connectivity index is 1.79. The number of nitrogens with one attached hydrogen (secondary N) is 2. The number of nitrogens with zero attached hydrogens (tertiary/aromatic N) is 2. The van der Waals surface area contributed by atoms with Crippen LogP contribution in [-0.2, 0) is 0 Å². The zero-order valence-electron chi connectivity index (χ0n) is 11.9. The maximum Gasteiger partial charge on any atom is 0.222 e. The molecule has 0 aromatic carbocycles. The summed E-state index contributed by atoms with van der Waals surface area (Å²) < 4.78 is 12.7. The molecule has 1 aromatic rings. The number of halogens is 1. The molecule has 0 spiro atoms. The highest BCUT2D eigenvalue weighted by Gasteiger charge is 2.24. The van der Waals surface area contributed by atoms with Crippen molar-refractivity contribution in [1.29, 1.82) is 0 Å². The van der Waals surface area contributed by atoms with Gasteiger partial charge in [0.25, 0.3) is 0 Å². The Kier molecular flexibility index (Phi) is 4.34. The molecule has 4 nitrogen and oxygen atoms in total. The number of hydrogen-bond donors (Lipinski definition) is 2. The Morgan fingerprint density at radius 3 is 2.11 bits per heavy atom. The molecule has 106 valence electrons. The largest absolute Gasteiger partial charge is 0.351 e. The van der Waals surface area contributed by atoms with Gasteiger partial charge in [-0.15, -0.1) is 0 Å². The fourth-order valence-corrected chi connectivity index (χ4v) is 2.56. The first-order chi connectivity index (χ1) is 8.92. The Morgan fingerprint density at radius 1 is 1.05 bits per heavy atom. The van der Waals surface area contributed by atoms with E-state index in [2.05, 4.69) is 41.4 Å². The van der Waals surface area contributed by atoms with Gasteiger partial charge in [-0.1, -0.05) is 0 Å². The van der Waals surface area contributed by atoms with Gasteiger partial charge in [0, 0.05) is 17.6 Å². The molecule has 1 fully saturated rings. The molecule has 19 heavy (non-hydrogen) atoms. The summed E-state index contributed by atoms with van der Waals surface area (Å²) in [7, 11) is 0. The van der Waals surface area contributed by atoms with E-state index in [9.17, 15) is 4.39 Å². The van der Waals surface area contributed by atoms with E-state index in [0.29, 0.717) is 18.0 Å². The summed E-state index contributed by atoms with van der Waals surface area (Å²) in [6, 6.07) is 0.982. The molecule has 0 saturated heterocycles. The average molecular weight is 266 g/mol. The minimum Gasteiger partial charge on any atom is -0.351 e. The summed E-state index contributed by atoms with van der Waals surface area (Å²) in [5, 5.41) is 6.92. The van der Waals surface area contributed by atoms with E-state index in [0.717, 1.165) is 25.7 Å². The highest BCUT2D eigenvalue weighted by molar-refractivity contribution is 5.24. The first-order valence-corrected chi connectivity index (χ1v) is 6.94. The van der Waals surface area contributed by atoms with Crippen molar-refractivity contribution in [3.8, 4) is 0 Å². The highest BCUT2D eigenvalue weighted by atomic mass is 19.1. The van der Waals surface area contributed by atoms with E-state index in [4.69, 9.17) is 0 Å². The van der Waals surface area contributed by atoms with Gasteiger partial charge >= 0.3 is 0 Å². The summed E-state index contributed by atoms with van der Waals surface area (Å²) in [4.78, 5) is 7.88. The Bertz CT molecular complexity index is 391. The molecule has 1 aliphatic rings. The van der Waals surface area contributed by atoms with Gasteiger partial charge in [-0.25, -0.2) is 14.4 Å². The van der Waals surface area contributed by atoms with E-state index in [1.54, 1.807) is 0 Å². The van der Waals surface area contributed by atoms with E-state index in [-0.39, 0.29) is 5.54 Å². The molecule has 5 heteroatoms. The highest BCUT2D eigenvalue weighted by Crippen LogP contribution is 2.22. The van der Waals surface area contributed by atoms with Crippen LogP contribution in [0.3, 0.4) is 0 Å². The van der Waals surface area contributed by atoms with Crippen LogP contribution in [-0.4, -0.2) is 27.6 Å². The molecule has 0 bridgehead atoms. The summed E-state index contributed by atoms with van der Waals surface area (Å²) in [6.07, 6.45) is 6.87. The number of aromatic nitrogens is 2. The first-order valence-electron chi connectivity index (χ1n) is 6.94. The zero-order valence-corrected chi connectivity index (χ0v) is 11.9. The van der Waals surface area contributed by atoms with Gasteiger partial charge in [-0.2, -0.15) is 0 Å². The van der Waals surface area contributed by atoms with E-state index < -0.39 is 5.82 Å². The Morgan fingerprint density at radius 2 is 1.58 bits per heavy atom. The van der Waals surface area contributed by atoms with Gasteiger partial charge in [-0.05, 0) is 46.5 Å². The van der Waals surface area contributed by atoms with Crippen LogP contribution in [0.1, 0.15) is 46.5 Å². The molecule has 1 saturated carbocycles. The average Bonchev–Trinajstić information content (AvgIpc) is 2.33. The minimum atomic E-state index is -0.399. The zero-order chi connectivity index (χ0) is 13.9. The van der Waals surface area contributed by atoms with Gasteiger partial charge < -0.3 is 10.6 Å². The predicted octanol–water partition coefficient (Wildman–Crippen LogP) is 2.73. The van der Waals surface area contributed by atoms with Crippen LogP contribution in [0, 0.1) is 5.82 Å². The van der Waals surface area contributed by atoms with Crippen LogP contribution in [0.15, 0.2) is 12.4 Å². The van der Waals surface area contributed by atoms with Gasteiger partial charge in [0.2, 0.25) is 5.95 Å². The molecule has 1 aromatic heterocycles. The second-order valence-corrected chi connectivity index (χ2v) is 6.31. The molecule has 1 aliphatic carbocycles. The molecule has 1 heterocycles. The van der Waals surface area contributed by atoms with Crippen molar-refractivity contribution in [1.82, 2.24) is 15.3 Å². The monoisotopic (exact) mass is 266 g/mol. The van der Waals surface area contributed by atoms with Crippen LogP contribution in [0.5, 0.6) is 0 Å². The molecule has 0 aliphatic heterocycles. The molecular weight excluding hydrogens is 243 g/mol. The van der Waals surface area contributed by atoms with Gasteiger partial charge in [0.1, 0.15) is 0 Å². The van der Waals surface area contributed by atoms with Crippen molar-refractivity contribution in [2.45, 2.75) is 64.1 Å². The molecule has 0 amide bonds.